The van der Waals surface area contributed by atoms with Gasteiger partial charge in [-0.25, -0.2) is 8.42 Å². The normalized spacial score (nSPS) is 21.9. The monoisotopic (exact) mass is 569 g/mol. The molecule has 2 fully saturated rings. The molecule has 1 aliphatic heterocycles. The number of halogens is 4. The van der Waals surface area contributed by atoms with Crippen LogP contribution in [-0.2, 0) is 10.0 Å². The van der Waals surface area contributed by atoms with Crippen LogP contribution in [0.25, 0.3) is 0 Å². The van der Waals surface area contributed by atoms with Crippen LogP contribution in [0.5, 0.6) is 0 Å². The summed E-state index contributed by atoms with van der Waals surface area (Å²) >= 11 is 0. The van der Waals surface area contributed by atoms with Gasteiger partial charge in [-0.1, -0.05) is 19.3 Å². The maximum Gasteiger partial charge on any atom is 0.511 e. The molecule has 1 atom stereocenters. The lowest BCUT2D eigenvalue weighted by Crippen LogP contribution is -2.53. The van der Waals surface area contributed by atoms with Gasteiger partial charge in [-0.2, -0.15) is 17.5 Å². The smallest absolute Gasteiger partial charge is 0.355 e. The summed E-state index contributed by atoms with van der Waals surface area (Å²) in [6.45, 7) is 0.427. The molecule has 1 heterocycles. The molecule has 2 aliphatic rings. The molecule has 7 nitrogen and oxygen atoms in total. The topological polar surface area (TPSA) is 77.0 Å². The molecule has 0 aromatic heterocycles. The highest BCUT2D eigenvalue weighted by atomic mass is 127. The number of piperidine rings is 1. The minimum atomic E-state index is -5.25. The minimum Gasteiger partial charge on any atom is -0.355 e. The summed E-state index contributed by atoms with van der Waals surface area (Å²) in [5, 5.41) is 6.58. The third-order valence-corrected chi connectivity index (χ3v) is 7.62. The standard InChI is InChI=1S/C18H34F3N5O2S.HI/c1-22-17(23-13-16(25(2)3)14-7-5-4-6-8-14)24-15-9-11-26(12-10-15)29(27,28)18(19,20)21;/h14-16H,4-13H2,1-3H3,(H2,22,23,24);1H. The van der Waals surface area contributed by atoms with E-state index in [0.717, 1.165) is 6.54 Å². The van der Waals surface area contributed by atoms with Gasteiger partial charge in [0.25, 0.3) is 0 Å². The third kappa shape index (κ3) is 7.37. The molecule has 0 bridgehead atoms. The first kappa shape index (κ1) is 27.7. The molecule has 0 aromatic carbocycles. The van der Waals surface area contributed by atoms with E-state index >= 15 is 0 Å². The number of rotatable bonds is 6. The van der Waals surface area contributed by atoms with E-state index in [1.807, 2.05) is 0 Å². The summed E-state index contributed by atoms with van der Waals surface area (Å²) in [7, 11) is 0.565. The number of guanidine groups is 1. The van der Waals surface area contributed by atoms with Crippen LogP contribution in [0, 0.1) is 5.92 Å². The van der Waals surface area contributed by atoms with Gasteiger partial charge in [-0.15, -0.1) is 24.0 Å². The summed E-state index contributed by atoms with van der Waals surface area (Å²) in [6, 6.07) is 0.265. The summed E-state index contributed by atoms with van der Waals surface area (Å²) in [5.41, 5.74) is -5.24. The molecule has 12 heteroatoms. The predicted molar refractivity (Wildman–Crippen MR) is 124 cm³/mol. The first-order valence-electron chi connectivity index (χ1n) is 10.3. The van der Waals surface area contributed by atoms with Crippen LogP contribution in [0.2, 0.25) is 0 Å². The largest absolute Gasteiger partial charge is 0.511 e. The molecule has 30 heavy (non-hydrogen) atoms. The Kier molecular flexibility index (Phi) is 11.1. The van der Waals surface area contributed by atoms with Crippen molar-refractivity contribution in [3.63, 3.8) is 0 Å². The molecule has 1 saturated heterocycles. The predicted octanol–water partition coefficient (Wildman–Crippen LogP) is 2.59. The second kappa shape index (κ2) is 12.0. The second-order valence-electron chi connectivity index (χ2n) is 8.15. The van der Waals surface area contributed by atoms with Crippen LogP contribution in [0.1, 0.15) is 44.9 Å². The summed E-state index contributed by atoms with van der Waals surface area (Å²) < 4.78 is 61.7. The lowest BCUT2D eigenvalue weighted by molar-refractivity contribution is -0.0494. The summed E-state index contributed by atoms with van der Waals surface area (Å²) in [6.07, 6.45) is 6.88. The Balaban J connectivity index is 0.00000450. The molecule has 1 unspecified atom stereocenters. The molecule has 2 rings (SSSR count). The fourth-order valence-corrected chi connectivity index (χ4v) is 5.25. The zero-order valence-corrected chi connectivity index (χ0v) is 21.1. The van der Waals surface area contributed by atoms with Gasteiger partial charge in [0.1, 0.15) is 0 Å². The molecule has 1 saturated carbocycles. The van der Waals surface area contributed by atoms with Gasteiger partial charge in [0.15, 0.2) is 5.96 Å². The second-order valence-corrected chi connectivity index (χ2v) is 10.1. The fourth-order valence-electron chi connectivity index (χ4n) is 4.27. The number of nitrogens with one attached hydrogen (secondary N) is 2. The summed E-state index contributed by atoms with van der Waals surface area (Å²) in [4.78, 5) is 6.46. The average Bonchev–Trinajstić information content (AvgIpc) is 2.67. The number of nitrogens with zero attached hydrogens (tertiary/aromatic N) is 3. The number of hydrogen-bond donors (Lipinski definition) is 2. The molecule has 178 valence electrons. The minimum absolute atomic E-state index is 0. The highest BCUT2D eigenvalue weighted by Gasteiger charge is 2.50. The van der Waals surface area contributed by atoms with Crippen molar-refractivity contribution < 1.29 is 21.6 Å². The van der Waals surface area contributed by atoms with E-state index < -0.39 is 15.5 Å². The Morgan fingerprint density at radius 3 is 2.17 bits per heavy atom. The fraction of sp³-hybridized carbons (Fsp3) is 0.944. The molecule has 0 aromatic rings. The maximum atomic E-state index is 12.7. The van der Waals surface area contributed by atoms with Gasteiger partial charge in [0.05, 0.1) is 0 Å². The van der Waals surface area contributed by atoms with Crippen molar-refractivity contribution in [2.24, 2.45) is 10.9 Å². The van der Waals surface area contributed by atoms with Crippen LogP contribution in [-0.4, -0.2) is 82.0 Å². The Morgan fingerprint density at radius 1 is 1.13 bits per heavy atom. The summed E-state index contributed by atoms with van der Waals surface area (Å²) in [5.74, 6) is 1.24. The van der Waals surface area contributed by atoms with Crippen molar-refractivity contribution >= 4 is 40.0 Å². The third-order valence-electron chi connectivity index (χ3n) is 5.99. The quantitative estimate of drug-likeness (QED) is 0.292. The van der Waals surface area contributed by atoms with Crippen molar-refractivity contribution in [1.29, 1.82) is 0 Å². The SMILES string of the molecule is CN=C(NCC(C1CCCCC1)N(C)C)NC1CCN(S(=O)(=O)C(F)(F)F)CC1.I. The van der Waals surface area contributed by atoms with E-state index in [9.17, 15) is 21.6 Å². The van der Waals surface area contributed by atoms with E-state index in [2.05, 4.69) is 34.6 Å². The molecular weight excluding hydrogens is 534 g/mol. The number of sulfonamides is 1. The van der Waals surface area contributed by atoms with Gasteiger partial charge in [0, 0.05) is 38.8 Å². The zero-order valence-electron chi connectivity index (χ0n) is 17.9. The maximum absolute atomic E-state index is 12.7. The molecule has 0 radical (unpaired) electrons. The van der Waals surface area contributed by atoms with Gasteiger partial charge in [-0.05, 0) is 45.7 Å². The number of hydrogen-bond acceptors (Lipinski definition) is 4. The Morgan fingerprint density at radius 2 is 1.70 bits per heavy atom. The molecule has 0 spiro atoms. The van der Waals surface area contributed by atoms with Gasteiger partial charge in [-0.3, -0.25) is 4.99 Å². The Labute approximate surface area is 195 Å². The first-order chi connectivity index (χ1) is 13.6. The molecular formula is C18H35F3IN5O2S. The van der Waals surface area contributed by atoms with Crippen LogP contribution < -0.4 is 10.6 Å². The first-order valence-corrected chi connectivity index (χ1v) is 11.7. The van der Waals surface area contributed by atoms with Crippen molar-refractivity contribution in [2.75, 3.05) is 40.8 Å². The molecule has 1 aliphatic carbocycles. The molecule has 0 amide bonds. The highest BCUT2D eigenvalue weighted by molar-refractivity contribution is 14.0. The van der Waals surface area contributed by atoms with E-state index in [1.54, 1.807) is 7.05 Å². The van der Waals surface area contributed by atoms with E-state index in [-0.39, 0.29) is 43.1 Å². The van der Waals surface area contributed by atoms with Gasteiger partial charge in [0.2, 0.25) is 0 Å². The lowest BCUT2D eigenvalue weighted by atomic mass is 9.83. The van der Waals surface area contributed by atoms with Crippen LogP contribution >= 0.6 is 24.0 Å². The molecule has 2 N–H and O–H groups in total. The highest BCUT2D eigenvalue weighted by Crippen LogP contribution is 2.29. The van der Waals surface area contributed by atoms with Gasteiger partial charge >= 0.3 is 15.5 Å². The Bertz CT molecular complexity index is 647. The van der Waals surface area contributed by atoms with E-state index in [1.165, 1.54) is 32.1 Å². The number of likely N-dealkylation sites (N-methyl/N-ethyl adjacent to an activating group) is 1. The van der Waals surface area contributed by atoms with Crippen LogP contribution in [0.15, 0.2) is 4.99 Å². The number of aliphatic imine (C=N–C) groups is 1. The van der Waals surface area contributed by atoms with E-state index in [0.29, 0.717) is 35.1 Å². The zero-order chi connectivity index (χ0) is 21.7. The Hall–Kier alpha value is -0.340. The van der Waals surface area contributed by atoms with Crippen molar-refractivity contribution in [3.05, 3.63) is 0 Å². The lowest BCUT2D eigenvalue weighted by Gasteiger charge is -2.36. The van der Waals surface area contributed by atoms with Crippen LogP contribution in [0.4, 0.5) is 13.2 Å². The van der Waals surface area contributed by atoms with Crippen LogP contribution in [0.3, 0.4) is 0 Å². The average molecular weight is 569 g/mol. The van der Waals surface area contributed by atoms with E-state index in [4.69, 9.17) is 0 Å². The number of alkyl halides is 3. The van der Waals surface area contributed by atoms with Crippen molar-refractivity contribution in [3.8, 4) is 0 Å². The van der Waals surface area contributed by atoms with Crippen molar-refractivity contribution in [2.45, 2.75) is 62.5 Å². The van der Waals surface area contributed by atoms with Crippen molar-refractivity contribution in [1.82, 2.24) is 19.8 Å². The van der Waals surface area contributed by atoms with Gasteiger partial charge < -0.3 is 15.5 Å².